The average Bonchev–Trinajstić information content (AvgIpc) is 2.50. The van der Waals surface area contributed by atoms with E-state index in [-0.39, 0.29) is 0 Å². The Kier molecular flexibility index (Phi) is 5.15. The Morgan fingerprint density at radius 3 is 2.86 bits per heavy atom. The molecular formula is C16H18N2O3. The van der Waals surface area contributed by atoms with Crippen molar-refractivity contribution in [3.8, 4) is 5.75 Å². The van der Waals surface area contributed by atoms with Gasteiger partial charge in [0.25, 0.3) is 0 Å². The van der Waals surface area contributed by atoms with Crippen LogP contribution in [0, 0.1) is 0 Å². The zero-order chi connectivity index (χ0) is 15.1. The number of anilines is 1. The highest BCUT2D eigenvalue weighted by Gasteiger charge is 2.10. The molecule has 0 fully saturated rings. The standard InChI is InChI=1S/C16H18N2O3/c1-2-20-15-6-5-13(10-14(15)17)16(19)21-9-7-12-4-3-8-18-11-12/h3-6,8,10-11H,2,7,9,17H2,1H3. The van der Waals surface area contributed by atoms with E-state index in [1.54, 1.807) is 30.6 Å². The van der Waals surface area contributed by atoms with Gasteiger partial charge in [-0.25, -0.2) is 4.79 Å². The summed E-state index contributed by atoms with van der Waals surface area (Å²) in [5.41, 5.74) is 7.70. The zero-order valence-electron chi connectivity index (χ0n) is 11.9. The van der Waals surface area contributed by atoms with Crippen molar-refractivity contribution in [2.24, 2.45) is 0 Å². The molecule has 0 bridgehead atoms. The molecule has 2 N–H and O–H groups in total. The third-order valence-electron chi connectivity index (χ3n) is 2.89. The topological polar surface area (TPSA) is 74.4 Å². The third kappa shape index (κ3) is 4.21. The molecule has 0 aliphatic heterocycles. The molecule has 2 aromatic rings. The first-order valence-corrected chi connectivity index (χ1v) is 6.79. The summed E-state index contributed by atoms with van der Waals surface area (Å²) in [6.07, 6.45) is 4.09. The summed E-state index contributed by atoms with van der Waals surface area (Å²) in [5, 5.41) is 0. The van der Waals surface area contributed by atoms with Crippen molar-refractivity contribution >= 4 is 11.7 Å². The van der Waals surface area contributed by atoms with Crippen LogP contribution < -0.4 is 10.5 Å². The predicted octanol–water partition coefficient (Wildman–Crippen LogP) is 2.46. The van der Waals surface area contributed by atoms with Gasteiger partial charge in [-0.1, -0.05) is 6.07 Å². The van der Waals surface area contributed by atoms with Gasteiger partial charge in [-0.15, -0.1) is 0 Å². The van der Waals surface area contributed by atoms with Gasteiger partial charge in [0.15, 0.2) is 0 Å². The fraction of sp³-hybridized carbons (Fsp3) is 0.250. The number of nitrogens with two attached hydrogens (primary N) is 1. The Hall–Kier alpha value is -2.56. The van der Waals surface area contributed by atoms with Crippen molar-refractivity contribution in [1.29, 1.82) is 0 Å². The van der Waals surface area contributed by atoms with Crippen LogP contribution in [0.3, 0.4) is 0 Å². The third-order valence-corrected chi connectivity index (χ3v) is 2.89. The molecular weight excluding hydrogens is 268 g/mol. The van der Waals surface area contributed by atoms with Crippen LogP contribution in [0.2, 0.25) is 0 Å². The predicted molar refractivity (Wildman–Crippen MR) is 80.2 cm³/mol. The van der Waals surface area contributed by atoms with Crippen molar-refractivity contribution in [3.63, 3.8) is 0 Å². The van der Waals surface area contributed by atoms with Gasteiger partial charge in [0, 0.05) is 18.8 Å². The van der Waals surface area contributed by atoms with E-state index in [4.69, 9.17) is 15.2 Å². The summed E-state index contributed by atoms with van der Waals surface area (Å²) in [6.45, 7) is 2.71. The van der Waals surface area contributed by atoms with Crippen LogP contribution in [0.4, 0.5) is 5.69 Å². The summed E-state index contributed by atoms with van der Waals surface area (Å²) >= 11 is 0. The molecule has 0 aliphatic rings. The molecule has 0 aliphatic carbocycles. The van der Waals surface area contributed by atoms with E-state index in [1.807, 2.05) is 19.1 Å². The van der Waals surface area contributed by atoms with Crippen LogP contribution >= 0.6 is 0 Å². The van der Waals surface area contributed by atoms with Crippen molar-refractivity contribution in [1.82, 2.24) is 4.98 Å². The molecule has 0 radical (unpaired) electrons. The van der Waals surface area contributed by atoms with Crippen LogP contribution in [0.25, 0.3) is 0 Å². The fourth-order valence-electron chi connectivity index (χ4n) is 1.85. The van der Waals surface area contributed by atoms with E-state index in [1.165, 1.54) is 0 Å². The molecule has 1 heterocycles. The number of rotatable bonds is 6. The minimum absolute atomic E-state index is 0.303. The van der Waals surface area contributed by atoms with Crippen molar-refractivity contribution in [2.75, 3.05) is 18.9 Å². The lowest BCUT2D eigenvalue weighted by Crippen LogP contribution is -2.09. The normalized spacial score (nSPS) is 10.1. The van der Waals surface area contributed by atoms with Crippen LogP contribution in [-0.2, 0) is 11.2 Å². The Balaban J connectivity index is 1.90. The van der Waals surface area contributed by atoms with E-state index in [0.29, 0.717) is 36.6 Å². The van der Waals surface area contributed by atoms with Gasteiger partial charge in [0.2, 0.25) is 0 Å². The van der Waals surface area contributed by atoms with E-state index >= 15 is 0 Å². The van der Waals surface area contributed by atoms with E-state index in [9.17, 15) is 4.79 Å². The number of hydrogen-bond donors (Lipinski definition) is 1. The maximum atomic E-state index is 11.9. The monoisotopic (exact) mass is 286 g/mol. The molecule has 110 valence electrons. The molecule has 5 heteroatoms. The van der Waals surface area contributed by atoms with Gasteiger partial charge in [-0.05, 0) is 36.8 Å². The Morgan fingerprint density at radius 1 is 1.33 bits per heavy atom. The summed E-state index contributed by atoms with van der Waals surface area (Å²) < 4.78 is 10.6. The molecule has 0 saturated heterocycles. The van der Waals surface area contributed by atoms with Crippen LogP contribution in [0.15, 0.2) is 42.7 Å². The first-order valence-electron chi connectivity index (χ1n) is 6.79. The smallest absolute Gasteiger partial charge is 0.338 e. The van der Waals surface area contributed by atoms with E-state index in [2.05, 4.69) is 4.98 Å². The number of carbonyl (C=O) groups is 1. The van der Waals surface area contributed by atoms with Crippen LogP contribution in [0.1, 0.15) is 22.8 Å². The molecule has 0 saturated carbocycles. The number of carbonyl (C=O) groups excluding carboxylic acids is 1. The van der Waals surface area contributed by atoms with Gasteiger partial charge in [0.05, 0.1) is 24.5 Å². The Labute approximate surface area is 123 Å². The molecule has 1 aromatic heterocycles. The van der Waals surface area contributed by atoms with Crippen LogP contribution in [-0.4, -0.2) is 24.2 Å². The summed E-state index contributed by atoms with van der Waals surface area (Å²) in [6, 6.07) is 8.68. The fourth-order valence-corrected chi connectivity index (χ4v) is 1.85. The maximum Gasteiger partial charge on any atom is 0.338 e. The van der Waals surface area contributed by atoms with E-state index in [0.717, 1.165) is 5.56 Å². The second-order valence-corrected chi connectivity index (χ2v) is 4.43. The molecule has 1 aromatic carbocycles. The molecule has 21 heavy (non-hydrogen) atoms. The molecule has 0 unspecified atom stereocenters. The molecule has 0 atom stereocenters. The zero-order valence-corrected chi connectivity index (χ0v) is 11.9. The van der Waals surface area contributed by atoms with Crippen molar-refractivity contribution < 1.29 is 14.3 Å². The number of hydrogen-bond acceptors (Lipinski definition) is 5. The molecule has 0 amide bonds. The van der Waals surface area contributed by atoms with Crippen molar-refractivity contribution in [2.45, 2.75) is 13.3 Å². The first-order chi connectivity index (χ1) is 10.2. The lowest BCUT2D eigenvalue weighted by Gasteiger charge is -2.09. The average molecular weight is 286 g/mol. The van der Waals surface area contributed by atoms with Gasteiger partial charge >= 0.3 is 5.97 Å². The van der Waals surface area contributed by atoms with Gasteiger partial charge in [-0.3, -0.25) is 4.98 Å². The second-order valence-electron chi connectivity index (χ2n) is 4.43. The minimum Gasteiger partial charge on any atom is -0.492 e. The number of pyridine rings is 1. The SMILES string of the molecule is CCOc1ccc(C(=O)OCCc2cccnc2)cc1N. The van der Waals surface area contributed by atoms with E-state index < -0.39 is 5.97 Å². The number of esters is 1. The van der Waals surface area contributed by atoms with Gasteiger partial charge < -0.3 is 15.2 Å². The lowest BCUT2D eigenvalue weighted by molar-refractivity contribution is 0.0509. The first kappa shape index (κ1) is 14.8. The van der Waals surface area contributed by atoms with Gasteiger partial charge in [0.1, 0.15) is 5.75 Å². The Morgan fingerprint density at radius 2 is 2.19 bits per heavy atom. The summed E-state index contributed by atoms with van der Waals surface area (Å²) in [5.74, 6) is 0.179. The van der Waals surface area contributed by atoms with Gasteiger partial charge in [-0.2, -0.15) is 0 Å². The minimum atomic E-state index is -0.395. The number of benzene rings is 1. The van der Waals surface area contributed by atoms with Crippen molar-refractivity contribution in [3.05, 3.63) is 53.9 Å². The second kappa shape index (κ2) is 7.28. The Bertz CT molecular complexity index is 600. The largest absolute Gasteiger partial charge is 0.492 e. The number of ether oxygens (including phenoxy) is 2. The molecule has 2 rings (SSSR count). The molecule has 5 nitrogen and oxygen atoms in total. The highest BCUT2D eigenvalue weighted by Crippen LogP contribution is 2.22. The quantitative estimate of drug-likeness (QED) is 0.652. The summed E-state index contributed by atoms with van der Waals surface area (Å²) in [7, 11) is 0. The van der Waals surface area contributed by atoms with Crippen LogP contribution in [0.5, 0.6) is 5.75 Å². The lowest BCUT2D eigenvalue weighted by atomic mass is 10.2. The maximum absolute atomic E-state index is 11.9. The molecule has 0 spiro atoms. The summed E-state index contributed by atoms with van der Waals surface area (Å²) in [4.78, 5) is 15.9. The number of nitrogens with zero attached hydrogens (tertiary/aromatic N) is 1. The number of nitrogen functional groups attached to an aromatic ring is 1. The highest BCUT2D eigenvalue weighted by molar-refractivity contribution is 5.91. The highest BCUT2D eigenvalue weighted by atomic mass is 16.5. The number of aromatic nitrogens is 1.